The van der Waals surface area contributed by atoms with Gasteiger partial charge in [-0.15, -0.1) is 11.3 Å². The van der Waals surface area contributed by atoms with Gasteiger partial charge in [0.15, 0.2) is 5.01 Å². The molecule has 7 atom stereocenters. The van der Waals surface area contributed by atoms with E-state index in [9.17, 15) is 23.2 Å². The van der Waals surface area contributed by atoms with Crippen molar-refractivity contribution in [2.75, 3.05) is 26.7 Å². The third-order valence-corrected chi connectivity index (χ3v) is 13.6. The van der Waals surface area contributed by atoms with E-state index in [1.165, 1.54) is 23.8 Å². The molecule has 6 aromatic rings. The molecule has 0 spiro atoms. The molecule has 0 saturated carbocycles. The molecule has 15 nitrogen and oxygen atoms in total. The van der Waals surface area contributed by atoms with Gasteiger partial charge in [0, 0.05) is 34.7 Å². The first-order valence-corrected chi connectivity index (χ1v) is 23.1. The number of nitrogens with zero attached hydrogens (tertiary/aromatic N) is 5. The number of halogens is 2. The Morgan fingerprint density at radius 2 is 1.83 bits per heavy atom. The summed E-state index contributed by atoms with van der Waals surface area (Å²) in [5, 5.41) is 11.1. The summed E-state index contributed by atoms with van der Waals surface area (Å²) in [6, 6.07) is 20.1. The number of amides is 3. The molecule has 3 aliphatic rings. The topological polar surface area (TPSA) is 185 Å². The summed E-state index contributed by atoms with van der Waals surface area (Å²) in [7, 11) is 1.23. The average Bonchev–Trinajstić information content (AvgIpc) is 4.16. The van der Waals surface area contributed by atoms with Crippen LogP contribution in [0.2, 0.25) is 0 Å². The molecule has 3 amide bonds. The number of alkyl halides is 2. The van der Waals surface area contributed by atoms with E-state index in [-0.39, 0.29) is 43.8 Å². The molecule has 18 heteroatoms. The molecule has 346 valence electrons. The number of alkyl carbamates (subject to hydrolysis) is 1. The lowest BCUT2D eigenvalue weighted by molar-refractivity contribution is -0.136. The Hall–Kier alpha value is -6.53. The highest BCUT2D eigenvalue weighted by molar-refractivity contribution is 7.18. The van der Waals surface area contributed by atoms with Crippen molar-refractivity contribution in [1.29, 1.82) is 0 Å². The largest absolute Gasteiger partial charge is 0.463 e. The number of hydrogen-bond acceptors (Lipinski definition) is 11. The van der Waals surface area contributed by atoms with Crippen molar-refractivity contribution < 1.29 is 32.6 Å². The summed E-state index contributed by atoms with van der Waals surface area (Å²) >= 11 is 1.57. The fourth-order valence-electron chi connectivity index (χ4n) is 9.00. The second-order valence-corrected chi connectivity index (χ2v) is 19.0. The Kier molecular flexibility index (Phi) is 12.2. The number of H-pyrrole nitrogens is 1. The van der Waals surface area contributed by atoms with Crippen molar-refractivity contribution in [3.8, 4) is 28.3 Å². The molecule has 3 aromatic carbocycles. The van der Waals surface area contributed by atoms with E-state index in [1.807, 2.05) is 74.6 Å². The smallest absolute Gasteiger partial charge is 0.407 e. The molecule has 1 fully saturated rings. The lowest BCUT2D eigenvalue weighted by Crippen LogP contribution is -2.55. The van der Waals surface area contributed by atoms with Gasteiger partial charge in [-0.25, -0.2) is 23.5 Å². The number of thiazole rings is 1. The predicted octanol–water partition coefficient (Wildman–Crippen LogP) is 7.23. The zero-order valence-corrected chi connectivity index (χ0v) is 38.4. The number of rotatable bonds is 13. The number of hydrogen-bond donors (Lipinski definition) is 5. The van der Waals surface area contributed by atoms with Gasteiger partial charge in [-0.2, -0.15) is 0 Å². The highest BCUT2D eigenvalue weighted by atomic mass is 32.1. The number of aromatic amines is 1. The standard InChI is InChI=1S/C48H54F2N10O5S/c1-24(2)41(51)45(61)59-22-30(50)18-37(59)43-53-20-34(55-43)27-12-14-35-29(15-27)16-36-31-13-11-28(17-38(31)65-47(60(35)36)44-56-32-9-7-8-10-39(32)66-44)33-19-52-40(54-33)23-58(21-26(5)49)46(62)42(25(3)4)57-48(63)64-6/h7-17,19-20,24-26,30,37,40-42,47,52,54H,18,21-23,51H2,1-6H3,(H,53,55)(H,57,63)/t26?,30?,37-,40?,41+,42-,47?/m0/s1. The molecule has 66 heavy (non-hydrogen) atoms. The number of fused-ring (bicyclic) bond motifs is 6. The molecule has 0 bridgehead atoms. The second-order valence-electron chi connectivity index (χ2n) is 18.0. The van der Waals surface area contributed by atoms with Crippen molar-refractivity contribution in [3.05, 3.63) is 95.5 Å². The summed E-state index contributed by atoms with van der Waals surface area (Å²) in [6.45, 7) is 8.70. The normalized spacial score (nSPS) is 20.3. The van der Waals surface area contributed by atoms with Crippen molar-refractivity contribution in [2.45, 2.75) is 83.9 Å². The van der Waals surface area contributed by atoms with Gasteiger partial charge in [0.25, 0.3) is 0 Å². The molecule has 9 rings (SSSR count). The molecule has 6 N–H and O–H groups in total. The Morgan fingerprint density at radius 1 is 1.05 bits per heavy atom. The summed E-state index contributed by atoms with van der Waals surface area (Å²) < 4.78 is 44.2. The van der Waals surface area contributed by atoms with E-state index in [4.69, 9.17) is 20.2 Å². The summed E-state index contributed by atoms with van der Waals surface area (Å²) in [5.74, 6) is 0.108. The van der Waals surface area contributed by atoms with E-state index < -0.39 is 54.9 Å². The van der Waals surface area contributed by atoms with Crippen LogP contribution in [0.25, 0.3) is 49.3 Å². The molecule has 0 radical (unpaired) electrons. The minimum Gasteiger partial charge on any atom is -0.463 e. The van der Waals surface area contributed by atoms with Crippen LogP contribution in [0.4, 0.5) is 13.6 Å². The minimum absolute atomic E-state index is 0.0195. The first-order valence-electron chi connectivity index (χ1n) is 22.2. The number of nitrogens with two attached hydrogens (primary N) is 1. The Balaban J connectivity index is 1.01. The molecule has 0 aliphatic carbocycles. The van der Waals surface area contributed by atoms with Gasteiger partial charge in [-0.05, 0) is 61.2 Å². The number of imidazole rings is 1. The van der Waals surface area contributed by atoms with Crippen molar-refractivity contribution >= 4 is 56.1 Å². The van der Waals surface area contributed by atoms with Gasteiger partial charge < -0.3 is 45.9 Å². The van der Waals surface area contributed by atoms with Crippen LogP contribution < -0.4 is 26.4 Å². The first kappa shape index (κ1) is 44.7. The molecular weight excluding hydrogens is 867 g/mol. The zero-order valence-electron chi connectivity index (χ0n) is 37.5. The van der Waals surface area contributed by atoms with E-state index >= 15 is 0 Å². The molecule has 1 saturated heterocycles. The van der Waals surface area contributed by atoms with E-state index in [2.05, 4.69) is 42.6 Å². The van der Waals surface area contributed by atoms with E-state index in [1.54, 1.807) is 31.4 Å². The van der Waals surface area contributed by atoms with Gasteiger partial charge in [0.2, 0.25) is 18.0 Å². The van der Waals surface area contributed by atoms with Gasteiger partial charge in [-0.3, -0.25) is 14.2 Å². The number of carbonyl (C=O) groups is 3. The number of nitrogens with one attached hydrogen (secondary N) is 4. The lowest BCUT2D eigenvalue weighted by atomic mass is 10.0. The number of aromatic nitrogens is 4. The molecule has 3 aliphatic heterocycles. The quantitative estimate of drug-likeness (QED) is 0.0793. The number of para-hydroxylation sites is 1. The Morgan fingerprint density at radius 3 is 2.58 bits per heavy atom. The van der Waals surface area contributed by atoms with Crippen LogP contribution in [0, 0.1) is 11.8 Å². The second kappa shape index (κ2) is 18.0. The van der Waals surface area contributed by atoms with Gasteiger partial charge in [-0.1, -0.05) is 52.0 Å². The highest BCUT2D eigenvalue weighted by Gasteiger charge is 2.41. The maximum Gasteiger partial charge on any atom is 0.407 e. The van der Waals surface area contributed by atoms with Crippen LogP contribution in [0.3, 0.4) is 0 Å². The maximum absolute atomic E-state index is 14.8. The number of ether oxygens (including phenoxy) is 2. The first-order chi connectivity index (χ1) is 31.7. The number of likely N-dealkylation sites (tertiary alicyclic amines) is 1. The van der Waals surface area contributed by atoms with Gasteiger partial charge in [0.1, 0.15) is 36.1 Å². The minimum atomic E-state index is -1.30. The Bertz CT molecular complexity index is 2800. The van der Waals surface area contributed by atoms with Crippen molar-refractivity contribution in [3.63, 3.8) is 0 Å². The van der Waals surface area contributed by atoms with E-state index in [0.29, 0.717) is 11.6 Å². The van der Waals surface area contributed by atoms with Crippen LogP contribution in [0.1, 0.15) is 69.7 Å². The third-order valence-electron chi connectivity index (χ3n) is 12.5. The van der Waals surface area contributed by atoms with Crippen LogP contribution in [0.15, 0.2) is 79.1 Å². The van der Waals surface area contributed by atoms with Crippen molar-refractivity contribution in [1.82, 2.24) is 45.3 Å². The van der Waals surface area contributed by atoms with Crippen LogP contribution in [-0.4, -0.2) is 105 Å². The van der Waals surface area contributed by atoms with Gasteiger partial charge >= 0.3 is 6.09 Å². The number of methoxy groups -OCH3 is 1. The lowest BCUT2D eigenvalue weighted by Gasteiger charge is -2.32. The molecule has 6 heterocycles. The number of carbonyl (C=O) groups excluding carboxylic acids is 3. The monoisotopic (exact) mass is 920 g/mol. The zero-order chi connectivity index (χ0) is 46.6. The Labute approximate surface area is 384 Å². The molecular formula is C48H54F2N10O5S. The fraction of sp³-hybridized carbons (Fsp3) is 0.396. The van der Waals surface area contributed by atoms with Crippen LogP contribution >= 0.6 is 11.3 Å². The third kappa shape index (κ3) is 8.54. The van der Waals surface area contributed by atoms with Crippen LogP contribution in [-0.2, 0) is 14.3 Å². The number of benzene rings is 3. The van der Waals surface area contributed by atoms with Crippen LogP contribution in [0.5, 0.6) is 5.75 Å². The highest BCUT2D eigenvalue weighted by Crippen LogP contribution is 2.47. The maximum atomic E-state index is 14.8. The van der Waals surface area contributed by atoms with Crippen molar-refractivity contribution in [2.24, 2.45) is 17.6 Å². The summed E-state index contributed by atoms with van der Waals surface area (Å²) in [5.41, 5.74) is 13.0. The summed E-state index contributed by atoms with van der Waals surface area (Å²) in [6.07, 6.45) is -0.581. The molecule has 3 aromatic heterocycles. The average molecular weight is 921 g/mol. The fourth-order valence-corrected chi connectivity index (χ4v) is 9.99. The summed E-state index contributed by atoms with van der Waals surface area (Å²) in [4.78, 5) is 55.1. The van der Waals surface area contributed by atoms with Gasteiger partial charge in [0.05, 0.1) is 77.8 Å². The SMILES string of the molecule is COC(=O)N[C@H](C(=O)N(CC(C)F)CC1NC=C(c2ccc3c(c2)OC(c2nc4ccccc4s2)n2c-3cc3cc(-c4cnc([C@@H]5CC(F)CN5C(=O)[C@H](N)C(C)C)[nH]4)ccc32)N1)C(C)C. The van der Waals surface area contributed by atoms with E-state index in [0.717, 1.165) is 59.9 Å². The molecule has 4 unspecified atom stereocenters. The predicted molar refractivity (Wildman–Crippen MR) is 249 cm³/mol.